The standard InChI is InChI=1S/C18H14ClN3O4/c1-26-11-6-4-5-10(9-11)17(23)20-15-14(21-22-16(15)18(24)25)12-7-2-3-8-13(12)19/h2-9H,1H3,(H,20,23)(H,21,22)(H,24,25). The first-order valence-corrected chi connectivity index (χ1v) is 7.91. The number of carboxylic acid groups (broad SMARTS) is 1. The molecule has 7 nitrogen and oxygen atoms in total. The van der Waals surface area contributed by atoms with Gasteiger partial charge in [0.05, 0.1) is 12.1 Å². The molecule has 0 saturated heterocycles. The van der Waals surface area contributed by atoms with Crippen molar-refractivity contribution in [1.29, 1.82) is 0 Å². The van der Waals surface area contributed by atoms with Crippen molar-refractivity contribution in [2.24, 2.45) is 0 Å². The number of nitrogens with zero attached hydrogens (tertiary/aromatic N) is 1. The molecule has 0 aliphatic heterocycles. The molecule has 0 bridgehead atoms. The van der Waals surface area contributed by atoms with E-state index in [0.29, 0.717) is 21.9 Å². The average molecular weight is 372 g/mol. The van der Waals surface area contributed by atoms with Crippen LogP contribution in [0.5, 0.6) is 5.75 Å². The predicted molar refractivity (Wildman–Crippen MR) is 96.9 cm³/mol. The molecule has 0 saturated carbocycles. The number of nitrogens with one attached hydrogen (secondary N) is 2. The number of halogens is 1. The summed E-state index contributed by atoms with van der Waals surface area (Å²) >= 11 is 6.18. The maximum Gasteiger partial charge on any atom is 0.356 e. The number of anilines is 1. The molecule has 0 spiro atoms. The second-order valence-corrected chi connectivity index (χ2v) is 5.70. The lowest BCUT2D eigenvalue weighted by Crippen LogP contribution is -2.14. The maximum absolute atomic E-state index is 12.6. The molecule has 0 fully saturated rings. The highest BCUT2D eigenvalue weighted by Gasteiger charge is 2.23. The van der Waals surface area contributed by atoms with Crippen LogP contribution in [0.1, 0.15) is 20.8 Å². The maximum atomic E-state index is 12.6. The highest BCUT2D eigenvalue weighted by molar-refractivity contribution is 6.33. The molecule has 1 heterocycles. The fourth-order valence-corrected chi connectivity index (χ4v) is 2.64. The lowest BCUT2D eigenvalue weighted by molar-refractivity contribution is 0.0691. The van der Waals surface area contributed by atoms with Gasteiger partial charge in [-0.2, -0.15) is 5.10 Å². The number of hydrogen-bond acceptors (Lipinski definition) is 4. The predicted octanol–water partition coefficient (Wildman–Crippen LogP) is 3.69. The van der Waals surface area contributed by atoms with Crippen LogP contribution in [0.4, 0.5) is 5.69 Å². The van der Waals surface area contributed by atoms with Crippen molar-refractivity contribution in [3.05, 3.63) is 64.8 Å². The van der Waals surface area contributed by atoms with Crippen LogP contribution in [0.15, 0.2) is 48.5 Å². The monoisotopic (exact) mass is 371 g/mol. The lowest BCUT2D eigenvalue weighted by Gasteiger charge is -2.09. The third kappa shape index (κ3) is 3.38. The van der Waals surface area contributed by atoms with Gasteiger partial charge in [-0.05, 0) is 24.3 Å². The van der Waals surface area contributed by atoms with Crippen molar-refractivity contribution in [3.63, 3.8) is 0 Å². The van der Waals surface area contributed by atoms with Crippen LogP contribution in [0.2, 0.25) is 5.02 Å². The zero-order chi connectivity index (χ0) is 18.7. The minimum atomic E-state index is -1.25. The number of benzene rings is 2. The number of carbonyl (C=O) groups is 2. The molecule has 3 rings (SSSR count). The molecule has 0 aliphatic rings. The van der Waals surface area contributed by atoms with E-state index >= 15 is 0 Å². The molecule has 8 heteroatoms. The van der Waals surface area contributed by atoms with Crippen LogP contribution in [0, 0.1) is 0 Å². The fraction of sp³-hybridized carbons (Fsp3) is 0.0556. The number of methoxy groups -OCH3 is 1. The molecule has 3 aromatic rings. The van der Waals surface area contributed by atoms with E-state index in [2.05, 4.69) is 15.5 Å². The van der Waals surface area contributed by atoms with Crippen LogP contribution < -0.4 is 10.1 Å². The minimum absolute atomic E-state index is 0.0402. The zero-order valence-electron chi connectivity index (χ0n) is 13.6. The fourth-order valence-electron chi connectivity index (χ4n) is 2.42. The number of hydrogen-bond donors (Lipinski definition) is 3. The summed E-state index contributed by atoms with van der Waals surface area (Å²) in [6.07, 6.45) is 0. The van der Waals surface area contributed by atoms with Crippen LogP contribution in [-0.4, -0.2) is 34.3 Å². The van der Waals surface area contributed by atoms with Gasteiger partial charge in [0.1, 0.15) is 17.1 Å². The van der Waals surface area contributed by atoms with E-state index in [1.165, 1.54) is 7.11 Å². The highest BCUT2D eigenvalue weighted by atomic mass is 35.5. The quantitative estimate of drug-likeness (QED) is 0.634. The van der Waals surface area contributed by atoms with Gasteiger partial charge in [0.15, 0.2) is 5.69 Å². The summed E-state index contributed by atoms with van der Waals surface area (Å²) in [5.74, 6) is -1.24. The first-order valence-electron chi connectivity index (χ1n) is 7.53. The van der Waals surface area contributed by atoms with E-state index in [1.807, 2.05) is 0 Å². The Kier molecular flexibility index (Phi) is 4.90. The van der Waals surface area contributed by atoms with E-state index in [9.17, 15) is 14.7 Å². The summed E-state index contributed by atoms with van der Waals surface area (Å²) in [6.45, 7) is 0. The highest BCUT2D eigenvalue weighted by Crippen LogP contribution is 2.34. The first kappa shape index (κ1) is 17.5. The first-order chi connectivity index (χ1) is 12.5. The van der Waals surface area contributed by atoms with E-state index in [-0.39, 0.29) is 17.1 Å². The molecule has 26 heavy (non-hydrogen) atoms. The van der Waals surface area contributed by atoms with Crippen molar-refractivity contribution in [2.45, 2.75) is 0 Å². The number of rotatable bonds is 5. The van der Waals surface area contributed by atoms with Gasteiger partial charge in [0, 0.05) is 11.1 Å². The second kappa shape index (κ2) is 7.28. The molecular formula is C18H14ClN3O4. The van der Waals surface area contributed by atoms with E-state index in [0.717, 1.165) is 0 Å². The summed E-state index contributed by atoms with van der Waals surface area (Å²) < 4.78 is 5.10. The van der Waals surface area contributed by atoms with Crippen LogP contribution in [0.3, 0.4) is 0 Å². The number of carboxylic acids is 1. The van der Waals surface area contributed by atoms with Gasteiger partial charge in [0.25, 0.3) is 5.91 Å². The summed E-state index contributed by atoms with van der Waals surface area (Å²) in [4.78, 5) is 24.1. The van der Waals surface area contributed by atoms with Crippen molar-refractivity contribution >= 4 is 29.2 Å². The van der Waals surface area contributed by atoms with Gasteiger partial charge < -0.3 is 15.2 Å². The Bertz CT molecular complexity index is 984. The second-order valence-electron chi connectivity index (χ2n) is 5.29. The molecule has 1 amide bonds. The molecule has 3 N–H and O–H groups in total. The van der Waals surface area contributed by atoms with E-state index in [4.69, 9.17) is 16.3 Å². The largest absolute Gasteiger partial charge is 0.497 e. The van der Waals surface area contributed by atoms with Crippen molar-refractivity contribution in [3.8, 4) is 17.0 Å². The van der Waals surface area contributed by atoms with E-state index in [1.54, 1.807) is 48.5 Å². The molecule has 2 aromatic carbocycles. The third-order valence-corrected chi connectivity index (χ3v) is 4.01. The Morgan fingerprint density at radius 2 is 1.96 bits per heavy atom. The van der Waals surface area contributed by atoms with E-state index < -0.39 is 11.9 Å². The smallest absolute Gasteiger partial charge is 0.356 e. The van der Waals surface area contributed by atoms with Gasteiger partial charge in [0.2, 0.25) is 0 Å². The molecule has 0 radical (unpaired) electrons. The van der Waals surface area contributed by atoms with Crippen LogP contribution >= 0.6 is 11.6 Å². The van der Waals surface area contributed by atoms with Crippen molar-refractivity contribution in [1.82, 2.24) is 10.2 Å². The zero-order valence-corrected chi connectivity index (χ0v) is 14.4. The third-order valence-electron chi connectivity index (χ3n) is 3.68. The number of aromatic nitrogens is 2. The lowest BCUT2D eigenvalue weighted by atomic mass is 10.1. The van der Waals surface area contributed by atoms with Gasteiger partial charge in [-0.15, -0.1) is 0 Å². The summed E-state index contributed by atoms with van der Waals surface area (Å²) in [7, 11) is 1.49. The Balaban J connectivity index is 2.03. The minimum Gasteiger partial charge on any atom is -0.497 e. The summed E-state index contributed by atoms with van der Waals surface area (Å²) in [6, 6.07) is 13.3. The van der Waals surface area contributed by atoms with Crippen molar-refractivity contribution in [2.75, 3.05) is 12.4 Å². The molecular weight excluding hydrogens is 358 g/mol. The Hall–Kier alpha value is -3.32. The average Bonchev–Trinajstić information content (AvgIpc) is 3.05. The topological polar surface area (TPSA) is 104 Å². The molecule has 0 unspecified atom stereocenters. The van der Waals surface area contributed by atoms with Gasteiger partial charge in [-0.25, -0.2) is 4.79 Å². The number of aromatic amines is 1. The summed E-state index contributed by atoms with van der Waals surface area (Å²) in [5, 5.41) is 18.8. The Labute approximate surface area is 153 Å². The van der Waals surface area contributed by atoms with Gasteiger partial charge in [-0.1, -0.05) is 35.9 Å². The molecule has 0 atom stereocenters. The molecule has 132 valence electrons. The Morgan fingerprint density at radius 3 is 2.65 bits per heavy atom. The molecule has 0 aliphatic carbocycles. The van der Waals surface area contributed by atoms with Crippen molar-refractivity contribution < 1.29 is 19.4 Å². The SMILES string of the molecule is COc1cccc(C(=O)Nc2c(-c3ccccc3Cl)n[nH]c2C(=O)O)c1. The number of carbonyl (C=O) groups excluding carboxylic acids is 1. The number of aromatic carboxylic acids is 1. The normalized spacial score (nSPS) is 10.4. The van der Waals surface area contributed by atoms with Gasteiger partial charge in [-0.3, -0.25) is 9.89 Å². The van der Waals surface area contributed by atoms with Crippen LogP contribution in [0.25, 0.3) is 11.3 Å². The number of H-pyrrole nitrogens is 1. The Morgan fingerprint density at radius 1 is 1.19 bits per heavy atom. The molecule has 1 aromatic heterocycles. The van der Waals surface area contributed by atoms with Gasteiger partial charge >= 0.3 is 5.97 Å². The summed E-state index contributed by atoms with van der Waals surface area (Å²) in [5.41, 5.74) is 0.852. The van der Waals surface area contributed by atoms with Crippen LogP contribution in [-0.2, 0) is 0 Å². The number of ether oxygens (including phenoxy) is 1. The number of amides is 1.